The van der Waals surface area contributed by atoms with Crippen molar-refractivity contribution in [3.8, 4) is 11.1 Å². The van der Waals surface area contributed by atoms with Gasteiger partial charge >= 0.3 is 0 Å². The molecule has 1 nitrogen and oxygen atoms in total. The molecule has 0 fully saturated rings. The SMILES string of the molecule is Ic1ccccc1NC1c2ccccc2-c2ccccc21. The fraction of sp³-hybridized carbons (Fsp3) is 0.0526. The average Bonchev–Trinajstić information content (AvgIpc) is 2.85. The summed E-state index contributed by atoms with van der Waals surface area (Å²) in [5, 5.41) is 3.71. The lowest BCUT2D eigenvalue weighted by Gasteiger charge is -2.18. The van der Waals surface area contributed by atoms with Gasteiger partial charge < -0.3 is 5.32 Å². The highest BCUT2D eigenvalue weighted by Gasteiger charge is 2.27. The topological polar surface area (TPSA) is 12.0 Å². The second-order valence-corrected chi connectivity index (χ2v) is 6.39. The fourth-order valence-corrected chi connectivity index (χ4v) is 3.59. The molecule has 1 aliphatic rings. The van der Waals surface area contributed by atoms with Crippen molar-refractivity contribution in [1.82, 2.24) is 0 Å². The first-order chi connectivity index (χ1) is 10.3. The Morgan fingerprint density at radius 1 is 0.667 bits per heavy atom. The molecule has 0 amide bonds. The van der Waals surface area contributed by atoms with Gasteiger partial charge in [0.25, 0.3) is 0 Å². The lowest BCUT2D eigenvalue weighted by atomic mass is 10.1. The van der Waals surface area contributed by atoms with Gasteiger partial charge in [0.15, 0.2) is 0 Å². The van der Waals surface area contributed by atoms with E-state index >= 15 is 0 Å². The minimum atomic E-state index is 0.230. The first kappa shape index (κ1) is 12.9. The number of nitrogens with one attached hydrogen (secondary N) is 1. The molecular weight excluding hydrogens is 369 g/mol. The highest BCUT2D eigenvalue weighted by molar-refractivity contribution is 14.1. The van der Waals surface area contributed by atoms with Gasteiger partial charge in [-0.3, -0.25) is 0 Å². The van der Waals surface area contributed by atoms with Crippen LogP contribution in [-0.2, 0) is 0 Å². The molecule has 0 saturated heterocycles. The van der Waals surface area contributed by atoms with E-state index in [2.05, 4.69) is 101 Å². The number of rotatable bonds is 2. The van der Waals surface area contributed by atoms with Crippen molar-refractivity contribution in [3.05, 3.63) is 87.5 Å². The third-order valence-electron chi connectivity index (χ3n) is 4.01. The quantitative estimate of drug-likeness (QED) is 0.579. The summed E-state index contributed by atoms with van der Waals surface area (Å²) in [7, 11) is 0. The standard InChI is InChI=1S/C19H14IN/c20-17-11-5-6-12-18(17)21-19-15-9-3-1-7-13(15)14-8-2-4-10-16(14)19/h1-12,19,21H. The van der Waals surface area contributed by atoms with Gasteiger partial charge in [-0.2, -0.15) is 0 Å². The van der Waals surface area contributed by atoms with Gasteiger partial charge in [-0.25, -0.2) is 0 Å². The summed E-state index contributed by atoms with van der Waals surface area (Å²) in [6, 6.07) is 26.0. The van der Waals surface area contributed by atoms with Gasteiger partial charge in [0.1, 0.15) is 0 Å². The lowest BCUT2D eigenvalue weighted by Crippen LogP contribution is -2.10. The summed E-state index contributed by atoms with van der Waals surface area (Å²) in [6.45, 7) is 0. The molecule has 0 atom stereocenters. The highest BCUT2D eigenvalue weighted by atomic mass is 127. The minimum absolute atomic E-state index is 0.230. The fourth-order valence-electron chi connectivity index (χ4n) is 3.04. The Morgan fingerprint density at radius 3 is 1.81 bits per heavy atom. The number of hydrogen-bond donors (Lipinski definition) is 1. The van der Waals surface area contributed by atoms with E-state index in [-0.39, 0.29) is 6.04 Å². The molecule has 0 aliphatic heterocycles. The largest absolute Gasteiger partial charge is 0.373 e. The Labute approximate surface area is 138 Å². The molecule has 0 unspecified atom stereocenters. The number of fused-ring (bicyclic) bond motifs is 3. The van der Waals surface area contributed by atoms with Gasteiger partial charge in [0, 0.05) is 9.26 Å². The molecule has 0 spiro atoms. The molecule has 0 aromatic heterocycles. The Balaban J connectivity index is 1.84. The summed E-state index contributed by atoms with van der Waals surface area (Å²) in [5.74, 6) is 0. The average molecular weight is 383 g/mol. The maximum atomic E-state index is 3.71. The number of benzene rings is 3. The second kappa shape index (κ2) is 5.19. The Morgan fingerprint density at radius 2 is 1.19 bits per heavy atom. The molecule has 4 rings (SSSR count). The molecule has 0 heterocycles. The smallest absolute Gasteiger partial charge is 0.0779 e. The summed E-state index contributed by atoms with van der Waals surface area (Å²) in [6.07, 6.45) is 0. The summed E-state index contributed by atoms with van der Waals surface area (Å²) < 4.78 is 1.25. The van der Waals surface area contributed by atoms with Gasteiger partial charge in [0.05, 0.1) is 6.04 Å². The molecule has 1 N–H and O–H groups in total. The first-order valence-electron chi connectivity index (χ1n) is 7.04. The van der Waals surface area contributed by atoms with E-state index in [1.807, 2.05) is 0 Å². The number of hydrogen-bond acceptors (Lipinski definition) is 1. The second-order valence-electron chi connectivity index (χ2n) is 5.23. The predicted octanol–water partition coefficient (Wildman–Crippen LogP) is 5.47. The highest BCUT2D eigenvalue weighted by Crippen LogP contribution is 2.44. The Hall–Kier alpha value is -1.81. The van der Waals surface area contributed by atoms with Crippen molar-refractivity contribution >= 4 is 28.3 Å². The zero-order valence-corrected chi connectivity index (χ0v) is 13.5. The first-order valence-corrected chi connectivity index (χ1v) is 8.12. The molecule has 3 aromatic carbocycles. The molecule has 2 heteroatoms. The summed E-state index contributed by atoms with van der Waals surface area (Å²) in [5.41, 5.74) is 6.60. The van der Waals surface area contributed by atoms with Crippen LogP contribution in [0.15, 0.2) is 72.8 Å². The number of para-hydroxylation sites is 1. The normalized spacial score (nSPS) is 12.8. The van der Waals surface area contributed by atoms with Gasteiger partial charge in [0.2, 0.25) is 0 Å². The maximum Gasteiger partial charge on any atom is 0.0779 e. The van der Waals surface area contributed by atoms with Crippen LogP contribution in [0.5, 0.6) is 0 Å². The molecule has 102 valence electrons. The number of anilines is 1. The molecule has 0 radical (unpaired) electrons. The van der Waals surface area contributed by atoms with Crippen molar-refractivity contribution in [2.24, 2.45) is 0 Å². The van der Waals surface area contributed by atoms with Gasteiger partial charge in [-0.05, 0) is 57.0 Å². The monoisotopic (exact) mass is 383 g/mol. The predicted molar refractivity (Wildman–Crippen MR) is 96.5 cm³/mol. The third-order valence-corrected chi connectivity index (χ3v) is 4.95. The van der Waals surface area contributed by atoms with Crippen LogP contribution in [-0.4, -0.2) is 0 Å². The van der Waals surface area contributed by atoms with E-state index in [1.54, 1.807) is 0 Å². The van der Waals surface area contributed by atoms with E-state index in [4.69, 9.17) is 0 Å². The molecule has 3 aromatic rings. The Kier molecular flexibility index (Phi) is 3.19. The van der Waals surface area contributed by atoms with Crippen LogP contribution in [0.3, 0.4) is 0 Å². The number of halogens is 1. The van der Waals surface area contributed by atoms with Crippen LogP contribution >= 0.6 is 22.6 Å². The molecule has 1 aliphatic carbocycles. The minimum Gasteiger partial charge on any atom is -0.373 e. The van der Waals surface area contributed by atoms with Crippen LogP contribution in [0.1, 0.15) is 17.2 Å². The van der Waals surface area contributed by atoms with E-state index in [9.17, 15) is 0 Å². The van der Waals surface area contributed by atoms with Crippen LogP contribution < -0.4 is 5.32 Å². The zero-order chi connectivity index (χ0) is 14.2. The van der Waals surface area contributed by atoms with Gasteiger partial charge in [-0.1, -0.05) is 60.7 Å². The summed E-state index contributed by atoms with van der Waals surface area (Å²) >= 11 is 2.38. The summed E-state index contributed by atoms with van der Waals surface area (Å²) in [4.78, 5) is 0. The van der Waals surface area contributed by atoms with E-state index in [1.165, 1.54) is 31.5 Å². The van der Waals surface area contributed by atoms with Crippen LogP contribution in [0.25, 0.3) is 11.1 Å². The van der Waals surface area contributed by atoms with Gasteiger partial charge in [-0.15, -0.1) is 0 Å². The van der Waals surface area contributed by atoms with Crippen molar-refractivity contribution in [2.75, 3.05) is 5.32 Å². The maximum absolute atomic E-state index is 3.71. The van der Waals surface area contributed by atoms with Crippen molar-refractivity contribution < 1.29 is 0 Å². The van der Waals surface area contributed by atoms with Crippen LogP contribution in [0.4, 0.5) is 5.69 Å². The van der Waals surface area contributed by atoms with Crippen molar-refractivity contribution in [2.45, 2.75) is 6.04 Å². The molecule has 0 bridgehead atoms. The zero-order valence-electron chi connectivity index (χ0n) is 11.4. The third kappa shape index (κ3) is 2.14. The van der Waals surface area contributed by atoms with Crippen molar-refractivity contribution in [1.29, 1.82) is 0 Å². The molecular formula is C19H14IN. The Bertz CT molecular complexity index is 764. The lowest BCUT2D eigenvalue weighted by molar-refractivity contribution is 0.972. The van der Waals surface area contributed by atoms with Crippen LogP contribution in [0, 0.1) is 3.57 Å². The molecule has 21 heavy (non-hydrogen) atoms. The van der Waals surface area contributed by atoms with Crippen molar-refractivity contribution in [3.63, 3.8) is 0 Å². The molecule has 0 saturated carbocycles. The van der Waals surface area contributed by atoms with E-state index in [0.29, 0.717) is 0 Å². The van der Waals surface area contributed by atoms with Crippen LogP contribution in [0.2, 0.25) is 0 Å². The van der Waals surface area contributed by atoms with E-state index < -0.39 is 0 Å². The van der Waals surface area contributed by atoms with E-state index in [0.717, 1.165) is 0 Å².